The van der Waals surface area contributed by atoms with E-state index in [1.54, 1.807) is 7.11 Å². The lowest BCUT2D eigenvalue weighted by molar-refractivity contribution is -0.131. The molecule has 2 aliphatic rings. The van der Waals surface area contributed by atoms with Crippen LogP contribution in [0.2, 0.25) is 0 Å². The van der Waals surface area contributed by atoms with E-state index in [9.17, 15) is 9.59 Å². The van der Waals surface area contributed by atoms with E-state index < -0.39 is 5.97 Å². The van der Waals surface area contributed by atoms with Crippen LogP contribution in [-0.2, 0) is 11.2 Å². The number of aromatic nitrogens is 1. The molecule has 6 nitrogen and oxygen atoms in total. The summed E-state index contributed by atoms with van der Waals surface area (Å²) in [6, 6.07) is 19.9. The summed E-state index contributed by atoms with van der Waals surface area (Å²) in [6.07, 6.45) is 3.53. The number of carbonyl (C=O) groups is 1. The summed E-state index contributed by atoms with van der Waals surface area (Å²) in [5.41, 5.74) is 6.06. The van der Waals surface area contributed by atoms with Crippen molar-refractivity contribution >= 4 is 74.3 Å². The molecule has 39 heavy (non-hydrogen) atoms. The number of ether oxygens (including phenoxy) is 2. The normalized spacial score (nSPS) is 16.2. The molecule has 0 saturated carbocycles. The summed E-state index contributed by atoms with van der Waals surface area (Å²) >= 11 is 5.74. The van der Waals surface area contributed by atoms with Gasteiger partial charge in [0, 0.05) is 21.6 Å². The van der Waals surface area contributed by atoms with Crippen LogP contribution in [0.5, 0.6) is 11.5 Å². The molecule has 0 N–H and O–H groups in total. The van der Waals surface area contributed by atoms with Crippen molar-refractivity contribution in [3.63, 3.8) is 0 Å². The van der Waals surface area contributed by atoms with Gasteiger partial charge in [-0.15, -0.1) is 0 Å². The van der Waals surface area contributed by atoms with E-state index in [0.717, 1.165) is 48.1 Å². The van der Waals surface area contributed by atoms with Crippen molar-refractivity contribution in [3.8, 4) is 11.5 Å². The highest BCUT2D eigenvalue weighted by atomic mass is 127. The fourth-order valence-electron chi connectivity index (χ4n) is 5.19. The van der Waals surface area contributed by atoms with Crippen LogP contribution >= 0.6 is 56.5 Å². The van der Waals surface area contributed by atoms with E-state index in [1.807, 2.05) is 53.1 Å². The molecule has 4 aromatic rings. The van der Waals surface area contributed by atoms with Gasteiger partial charge in [0.2, 0.25) is 0 Å². The molecule has 0 saturated heterocycles. The summed E-state index contributed by atoms with van der Waals surface area (Å²) < 4.78 is 15.1. The summed E-state index contributed by atoms with van der Waals surface area (Å²) in [5.74, 6) is 0.811. The number of allylic oxidation sites excluding steroid dienone is 1. The number of rotatable bonds is 4. The van der Waals surface area contributed by atoms with Gasteiger partial charge < -0.3 is 9.47 Å². The van der Waals surface area contributed by atoms with E-state index in [-0.39, 0.29) is 11.6 Å². The van der Waals surface area contributed by atoms with E-state index in [4.69, 9.17) is 14.5 Å². The zero-order valence-corrected chi connectivity index (χ0v) is 26.2. The number of aryl methyl sites for hydroxylation is 1. The SMILES string of the molecule is COc1ccc([C@@H]2C3=C(N=c4s/c(=C/c5cc(I)cc(I)c5OC(C)=O)c(=O)n42)c2ccccc2CC3)cc1. The van der Waals surface area contributed by atoms with Crippen molar-refractivity contribution in [3.05, 3.63) is 115 Å². The molecule has 0 unspecified atom stereocenters. The molecule has 2 heterocycles. The topological polar surface area (TPSA) is 69.9 Å². The van der Waals surface area contributed by atoms with Gasteiger partial charge in [0.05, 0.1) is 27.0 Å². The number of halogens is 2. The lowest BCUT2D eigenvalue weighted by Crippen LogP contribution is -2.38. The highest BCUT2D eigenvalue weighted by Gasteiger charge is 2.32. The first-order valence-corrected chi connectivity index (χ1v) is 15.3. The highest BCUT2D eigenvalue weighted by molar-refractivity contribution is 14.1. The molecular formula is C30H22I2N2O4S. The van der Waals surface area contributed by atoms with E-state index >= 15 is 0 Å². The molecule has 196 valence electrons. The third kappa shape index (κ3) is 4.89. The van der Waals surface area contributed by atoms with Gasteiger partial charge in [-0.2, -0.15) is 0 Å². The van der Waals surface area contributed by atoms with Gasteiger partial charge in [0.25, 0.3) is 5.56 Å². The number of thiazole rings is 1. The zero-order chi connectivity index (χ0) is 27.3. The summed E-state index contributed by atoms with van der Waals surface area (Å²) in [6.45, 7) is 1.38. The van der Waals surface area contributed by atoms with Crippen LogP contribution in [0.1, 0.15) is 41.6 Å². The minimum atomic E-state index is -0.406. The summed E-state index contributed by atoms with van der Waals surface area (Å²) in [7, 11) is 1.65. The van der Waals surface area contributed by atoms with E-state index in [1.165, 1.54) is 23.8 Å². The van der Waals surface area contributed by atoms with Gasteiger partial charge in [-0.25, -0.2) is 4.99 Å². The zero-order valence-electron chi connectivity index (χ0n) is 21.0. The molecule has 1 atom stereocenters. The lowest BCUT2D eigenvalue weighted by Gasteiger charge is -2.30. The van der Waals surface area contributed by atoms with Crippen molar-refractivity contribution in [1.29, 1.82) is 0 Å². The van der Waals surface area contributed by atoms with E-state index in [2.05, 4.69) is 63.4 Å². The second-order valence-corrected chi connectivity index (χ2v) is 12.7. The third-order valence-corrected chi connectivity index (χ3v) is 9.28. The van der Waals surface area contributed by atoms with Crippen LogP contribution in [0.3, 0.4) is 0 Å². The first-order chi connectivity index (χ1) is 18.8. The predicted octanol–water partition coefficient (Wildman–Crippen LogP) is 5.46. The average molecular weight is 760 g/mol. The Morgan fingerprint density at radius 1 is 1.10 bits per heavy atom. The molecule has 0 fully saturated rings. The van der Waals surface area contributed by atoms with Crippen molar-refractivity contribution < 1.29 is 14.3 Å². The smallest absolute Gasteiger partial charge is 0.308 e. The maximum absolute atomic E-state index is 14.1. The molecule has 0 amide bonds. The number of benzene rings is 3. The Balaban J connectivity index is 1.61. The van der Waals surface area contributed by atoms with Crippen LogP contribution in [-0.4, -0.2) is 17.6 Å². The third-order valence-electron chi connectivity index (χ3n) is 6.87. The van der Waals surface area contributed by atoms with Crippen LogP contribution in [0.25, 0.3) is 11.8 Å². The van der Waals surface area contributed by atoms with Crippen LogP contribution in [0, 0.1) is 7.14 Å². The fourth-order valence-corrected chi connectivity index (χ4v) is 8.18. The Hall–Kier alpha value is -2.77. The molecule has 1 aromatic heterocycles. The minimum Gasteiger partial charge on any atom is -0.497 e. The summed E-state index contributed by atoms with van der Waals surface area (Å²) in [4.78, 5) is 31.6. The second-order valence-electron chi connectivity index (χ2n) is 9.29. The maximum atomic E-state index is 14.1. The first-order valence-electron chi connectivity index (χ1n) is 12.3. The summed E-state index contributed by atoms with van der Waals surface area (Å²) in [5, 5.41) is 0. The Bertz CT molecular complexity index is 1860. The molecule has 0 spiro atoms. The monoisotopic (exact) mass is 760 g/mol. The molecule has 0 bridgehead atoms. The number of nitrogens with zero attached hydrogens (tertiary/aromatic N) is 2. The van der Waals surface area contributed by atoms with Gasteiger partial charge in [-0.3, -0.25) is 14.2 Å². The van der Waals surface area contributed by atoms with Crippen molar-refractivity contribution in [2.24, 2.45) is 4.99 Å². The van der Waals surface area contributed by atoms with Crippen molar-refractivity contribution in [2.75, 3.05) is 7.11 Å². The van der Waals surface area contributed by atoms with Gasteiger partial charge >= 0.3 is 5.97 Å². The quantitative estimate of drug-likeness (QED) is 0.158. The number of hydrogen-bond donors (Lipinski definition) is 0. The van der Waals surface area contributed by atoms with Gasteiger partial charge in [0.15, 0.2) is 10.6 Å². The average Bonchev–Trinajstić information content (AvgIpc) is 3.23. The molecule has 3 aromatic carbocycles. The molecule has 6 rings (SSSR count). The second kappa shape index (κ2) is 10.7. The Morgan fingerprint density at radius 2 is 1.87 bits per heavy atom. The standard InChI is InChI=1S/C30H22I2N2O4S/c1-16(35)38-28-19(13-20(31)15-24(28)32)14-25-29(36)34-27(18-7-10-21(37-2)11-8-18)23-12-9-17-5-3-4-6-22(17)26(23)33-30(34)39-25/h3-8,10-11,13-15,27H,9,12H2,1-2H3/b25-14+/t27-/m1/s1. The Kier molecular flexibility index (Phi) is 7.23. The number of esters is 1. The van der Waals surface area contributed by atoms with Gasteiger partial charge in [0.1, 0.15) is 5.75 Å². The highest BCUT2D eigenvalue weighted by Crippen LogP contribution is 2.41. The van der Waals surface area contributed by atoms with Crippen LogP contribution in [0.4, 0.5) is 0 Å². The number of hydrogen-bond acceptors (Lipinski definition) is 6. The molecular weight excluding hydrogens is 738 g/mol. The minimum absolute atomic E-state index is 0.118. The maximum Gasteiger partial charge on any atom is 0.308 e. The largest absolute Gasteiger partial charge is 0.497 e. The molecule has 0 radical (unpaired) electrons. The van der Waals surface area contributed by atoms with E-state index in [0.29, 0.717) is 20.6 Å². The fraction of sp³-hybridized carbons (Fsp3) is 0.167. The van der Waals surface area contributed by atoms with Gasteiger partial charge in [-0.05, 0) is 105 Å². The lowest BCUT2D eigenvalue weighted by atomic mass is 9.83. The van der Waals surface area contributed by atoms with Crippen molar-refractivity contribution in [2.45, 2.75) is 25.8 Å². The predicted molar refractivity (Wildman–Crippen MR) is 169 cm³/mol. The number of methoxy groups -OCH3 is 1. The van der Waals surface area contributed by atoms with Gasteiger partial charge in [-0.1, -0.05) is 47.7 Å². The first kappa shape index (κ1) is 26.5. The van der Waals surface area contributed by atoms with Crippen molar-refractivity contribution in [1.82, 2.24) is 4.57 Å². The van der Waals surface area contributed by atoms with Crippen LogP contribution < -0.4 is 24.4 Å². The van der Waals surface area contributed by atoms with Crippen LogP contribution in [0.15, 0.2) is 76.0 Å². The Morgan fingerprint density at radius 3 is 2.62 bits per heavy atom. The number of fused-ring (bicyclic) bond motifs is 3. The number of carbonyl (C=O) groups excluding carboxylic acids is 1. The molecule has 1 aliphatic heterocycles. The molecule has 1 aliphatic carbocycles. The molecule has 9 heteroatoms. The Labute approximate surface area is 256 Å².